The third-order valence-electron chi connectivity index (χ3n) is 2.61. The van der Waals surface area contributed by atoms with Crippen LogP contribution < -0.4 is 4.72 Å². The number of sulfonamides is 1. The molecule has 0 aromatic carbocycles. The van der Waals surface area contributed by atoms with Gasteiger partial charge in [0.2, 0.25) is 10.0 Å². The summed E-state index contributed by atoms with van der Waals surface area (Å²) in [5, 5.41) is 4.41. The van der Waals surface area contributed by atoms with Crippen LogP contribution in [-0.2, 0) is 10.0 Å². The van der Waals surface area contributed by atoms with Gasteiger partial charge in [-0.15, -0.1) is 0 Å². The Kier molecular flexibility index (Phi) is 5.13. The van der Waals surface area contributed by atoms with Crippen LogP contribution in [0.1, 0.15) is 12.8 Å². The van der Waals surface area contributed by atoms with Crippen molar-refractivity contribution < 1.29 is 12.8 Å². The number of hydrogen-bond acceptors (Lipinski definition) is 4. The molecule has 0 aliphatic heterocycles. The number of nitrogens with one attached hydrogen (secondary N) is 1. The quantitative estimate of drug-likeness (QED) is 0.790. The van der Waals surface area contributed by atoms with Gasteiger partial charge in [0.1, 0.15) is 0 Å². The molecule has 2 heterocycles. The number of unbranched alkanes of at least 4 members (excludes halogenated alkanes) is 1. The van der Waals surface area contributed by atoms with Crippen LogP contribution in [0.5, 0.6) is 0 Å². The van der Waals surface area contributed by atoms with E-state index in [1.807, 2.05) is 0 Å². The molecule has 0 aliphatic rings. The zero-order valence-electron chi connectivity index (χ0n) is 11.0. The standard InChI is InChI=1S/C12H14ClFN4O2S/c13-11-4-3-6-15-12(11)18-9-10(8-16-18)17-21(19,20)7-2-1-5-14/h3-4,6,8-9,17H,1-2,5,7H2. The highest BCUT2D eigenvalue weighted by Gasteiger charge is 2.12. The third kappa shape index (κ3) is 4.40. The summed E-state index contributed by atoms with van der Waals surface area (Å²) in [5.74, 6) is 0.272. The van der Waals surface area contributed by atoms with Crippen LogP contribution in [0.25, 0.3) is 5.82 Å². The van der Waals surface area contributed by atoms with E-state index >= 15 is 0 Å². The van der Waals surface area contributed by atoms with Crippen LogP contribution in [0, 0.1) is 0 Å². The van der Waals surface area contributed by atoms with Crippen molar-refractivity contribution in [3.63, 3.8) is 0 Å². The number of alkyl halides is 1. The molecule has 1 N–H and O–H groups in total. The van der Waals surface area contributed by atoms with Crippen molar-refractivity contribution in [1.82, 2.24) is 14.8 Å². The Morgan fingerprint density at radius 3 is 2.90 bits per heavy atom. The molecule has 0 amide bonds. The second kappa shape index (κ2) is 6.86. The van der Waals surface area contributed by atoms with Crippen molar-refractivity contribution in [2.75, 3.05) is 17.1 Å². The molecule has 0 saturated carbocycles. The number of hydrogen-bond donors (Lipinski definition) is 1. The van der Waals surface area contributed by atoms with Crippen LogP contribution in [-0.4, -0.2) is 35.6 Å². The summed E-state index contributed by atoms with van der Waals surface area (Å²) in [6.07, 6.45) is 4.89. The first-order valence-corrected chi connectivity index (χ1v) is 8.27. The minimum Gasteiger partial charge on any atom is -0.280 e. The first kappa shape index (κ1) is 15.7. The molecule has 6 nitrogen and oxygen atoms in total. The predicted octanol–water partition coefficient (Wildman–Crippen LogP) is 2.41. The molecule has 0 saturated heterocycles. The van der Waals surface area contributed by atoms with Gasteiger partial charge in [-0.25, -0.2) is 18.1 Å². The van der Waals surface area contributed by atoms with E-state index in [1.165, 1.54) is 17.1 Å². The molecule has 0 radical (unpaired) electrons. The number of halogens is 2. The lowest BCUT2D eigenvalue weighted by Gasteiger charge is -2.05. The molecule has 0 bridgehead atoms. The van der Waals surface area contributed by atoms with Gasteiger partial charge in [0.05, 0.1) is 35.5 Å². The Morgan fingerprint density at radius 1 is 1.38 bits per heavy atom. The van der Waals surface area contributed by atoms with E-state index in [1.54, 1.807) is 18.3 Å². The Hall–Kier alpha value is -1.67. The highest BCUT2D eigenvalue weighted by molar-refractivity contribution is 7.92. The Balaban J connectivity index is 2.09. The van der Waals surface area contributed by atoms with E-state index < -0.39 is 16.7 Å². The van der Waals surface area contributed by atoms with Crippen LogP contribution in [0.3, 0.4) is 0 Å². The molecule has 2 rings (SSSR count). The van der Waals surface area contributed by atoms with Crippen molar-refractivity contribution in [1.29, 1.82) is 0 Å². The number of pyridine rings is 1. The predicted molar refractivity (Wildman–Crippen MR) is 79.0 cm³/mol. The van der Waals surface area contributed by atoms with Gasteiger partial charge < -0.3 is 0 Å². The first-order valence-electron chi connectivity index (χ1n) is 6.24. The summed E-state index contributed by atoms with van der Waals surface area (Å²) in [5.41, 5.74) is 0.303. The molecule has 0 fully saturated rings. The molecular formula is C12H14ClFN4O2S. The average molecular weight is 333 g/mol. The summed E-state index contributed by atoms with van der Waals surface area (Å²) in [6.45, 7) is -0.522. The molecule has 21 heavy (non-hydrogen) atoms. The van der Waals surface area contributed by atoms with Crippen LogP contribution >= 0.6 is 11.6 Å². The molecule has 114 valence electrons. The van der Waals surface area contributed by atoms with Crippen LogP contribution in [0.15, 0.2) is 30.7 Å². The fourth-order valence-electron chi connectivity index (χ4n) is 1.65. The minimum atomic E-state index is -3.51. The fraction of sp³-hybridized carbons (Fsp3) is 0.333. The van der Waals surface area contributed by atoms with E-state index in [9.17, 15) is 12.8 Å². The highest BCUT2D eigenvalue weighted by Crippen LogP contribution is 2.18. The summed E-state index contributed by atoms with van der Waals surface area (Å²) in [4.78, 5) is 4.07. The zero-order valence-corrected chi connectivity index (χ0v) is 12.6. The van der Waals surface area contributed by atoms with Gasteiger partial charge in [-0.1, -0.05) is 11.6 Å². The monoisotopic (exact) mass is 332 g/mol. The molecule has 0 atom stereocenters. The van der Waals surface area contributed by atoms with Crippen LogP contribution in [0.4, 0.5) is 10.1 Å². The minimum absolute atomic E-state index is 0.132. The summed E-state index contributed by atoms with van der Waals surface area (Å²) < 4.78 is 39.3. The Labute approximate surface area is 127 Å². The van der Waals surface area contributed by atoms with Gasteiger partial charge in [-0.05, 0) is 25.0 Å². The maximum atomic E-state index is 12.0. The third-order valence-corrected chi connectivity index (χ3v) is 4.28. The molecule has 9 heteroatoms. The van der Waals surface area contributed by atoms with Crippen molar-refractivity contribution in [2.24, 2.45) is 0 Å². The maximum Gasteiger partial charge on any atom is 0.232 e. The largest absolute Gasteiger partial charge is 0.280 e. The lowest BCUT2D eigenvalue weighted by molar-refractivity contribution is 0.468. The van der Waals surface area contributed by atoms with Gasteiger partial charge >= 0.3 is 0 Å². The van der Waals surface area contributed by atoms with Gasteiger partial charge in [0.15, 0.2) is 5.82 Å². The Morgan fingerprint density at radius 2 is 2.19 bits per heavy atom. The summed E-state index contributed by atoms with van der Waals surface area (Å²) in [6, 6.07) is 3.34. The molecule has 0 spiro atoms. The highest BCUT2D eigenvalue weighted by atomic mass is 35.5. The first-order chi connectivity index (χ1) is 10.0. The Bertz CT molecular complexity index is 705. The van der Waals surface area contributed by atoms with E-state index in [0.29, 0.717) is 16.5 Å². The molecular weight excluding hydrogens is 319 g/mol. The number of rotatable bonds is 7. The SMILES string of the molecule is O=S(=O)(CCCCF)Nc1cnn(-c2ncccc2Cl)c1. The molecule has 2 aromatic heterocycles. The summed E-state index contributed by atoms with van der Waals surface area (Å²) >= 11 is 5.99. The normalized spacial score (nSPS) is 11.5. The smallest absolute Gasteiger partial charge is 0.232 e. The average Bonchev–Trinajstić information content (AvgIpc) is 2.87. The van der Waals surface area contributed by atoms with E-state index in [0.717, 1.165) is 0 Å². The van der Waals surface area contributed by atoms with Crippen molar-refractivity contribution >= 4 is 27.3 Å². The van der Waals surface area contributed by atoms with Crippen LogP contribution in [0.2, 0.25) is 5.02 Å². The van der Waals surface area contributed by atoms with Crippen molar-refractivity contribution in [3.05, 3.63) is 35.7 Å². The molecule has 0 aliphatic carbocycles. The lowest BCUT2D eigenvalue weighted by Crippen LogP contribution is -2.16. The molecule has 0 unspecified atom stereocenters. The summed E-state index contributed by atoms with van der Waals surface area (Å²) in [7, 11) is -3.51. The second-order valence-electron chi connectivity index (χ2n) is 4.30. The van der Waals surface area contributed by atoms with E-state index in [4.69, 9.17) is 11.6 Å². The topological polar surface area (TPSA) is 76.9 Å². The maximum absolute atomic E-state index is 12.0. The van der Waals surface area contributed by atoms with Crippen molar-refractivity contribution in [2.45, 2.75) is 12.8 Å². The van der Waals surface area contributed by atoms with Gasteiger partial charge in [0, 0.05) is 6.20 Å². The number of anilines is 1. The second-order valence-corrected chi connectivity index (χ2v) is 6.55. The van der Waals surface area contributed by atoms with E-state index in [2.05, 4.69) is 14.8 Å². The molecule has 2 aromatic rings. The van der Waals surface area contributed by atoms with Gasteiger partial charge in [0.25, 0.3) is 0 Å². The van der Waals surface area contributed by atoms with E-state index in [-0.39, 0.29) is 18.6 Å². The fourth-order valence-corrected chi connectivity index (χ4v) is 3.01. The van der Waals surface area contributed by atoms with Gasteiger partial charge in [-0.2, -0.15) is 5.10 Å². The lowest BCUT2D eigenvalue weighted by atomic mass is 10.4. The number of aromatic nitrogens is 3. The number of nitrogens with zero attached hydrogens (tertiary/aromatic N) is 3. The van der Waals surface area contributed by atoms with Gasteiger partial charge in [-0.3, -0.25) is 9.11 Å². The van der Waals surface area contributed by atoms with Crippen molar-refractivity contribution in [3.8, 4) is 5.82 Å². The zero-order chi connectivity index (χ0) is 15.3.